The average Bonchev–Trinajstić information content (AvgIpc) is 3.08. The Balaban J connectivity index is 1.35. The summed E-state index contributed by atoms with van der Waals surface area (Å²) >= 11 is 0. The predicted molar refractivity (Wildman–Crippen MR) is 120 cm³/mol. The summed E-state index contributed by atoms with van der Waals surface area (Å²) in [6.07, 6.45) is 3.64. The van der Waals surface area contributed by atoms with Gasteiger partial charge in [-0.3, -0.25) is 4.79 Å². The van der Waals surface area contributed by atoms with Gasteiger partial charge in [-0.15, -0.1) is 0 Å². The first-order chi connectivity index (χ1) is 15.1. The minimum atomic E-state index is -0.170. The third-order valence-electron chi connectivity index (χ3n) is 5.48. The normalized spacial score (nSPS) is 18.0. The number of fused-ring (bicyclic) bond motifs is 2. The second-order valence-electron chi connectivity index (χ2n) is 7.81. The number of hydrogen-bond acceptors (Lipinski definition) is 4. The second kappa shape index (κ2) is 7.80. The zero-order valence-electron chi connectivity index (χ0n) is 17.4. The van der Waals surface area contributed by atoms with Crippen LogP contribution >= 0.6 is 0 Å². The maximum absolute atomic E-state index is 12.8. The lowest BCUT2D eigenvalue weighted by Crippen LogP contribution is -2.18. The number of ketones is 1. The van der Waals surface area contributed by atoms with Crippen molar-refractivity contribution in [3.8, 4) is 17.2 Å². The van der Waals surface area contributed by atoms with E-state index in [4.69, 9.17) is 14.2 Å². The van der Waals surface area contributed by atoms with E-state index in [1.54, 1.807) is 24.3 Å². The first kappa shape index (κ1) is 19.2. The molecule has 4 nitrogen and oxygen atoms in total. The molecule has 0 amide bonds. The molecule has 3 aromatic carbocycles. The van der Waals surface area contributed by atoms with E-state index >= 15 is 0 Å². The molecular weight excluding hydrogens is 388 g/mol. The van der Waals surface area contributed by atoms with Crippen molar-refractivity contribution in [2.75, 3.05) is 0 Å². The van der Waals surface area contributed by atoms with Gasteiger partial charge in [0.15, 0.2) is 5.76 Å². The molecule has 0 saturated carbocycles. The maximum Gasteiger partial charge on any atom is 0.231 e. The van der Waals surface area contributed by atoms with Crippen molar-refractivity contribution in [2.45, 2.75) is 26.6 Å². The van der Waals surface area contributed by atoms with E-state index in [9.17, 15) is 4.79 Å². The number of ether oxygens (including phenoxy) is 3. The molecule has 0 aliphatic carbocycles. The second-order valence-corrected chi connectivity index (χ2v) is 7.81. The first-order valence-corrected chi connectivity index (χ1v) is 10.3. The van der Waals surface area contributed by atoms with Gasteiger partial charge in [0.05, 0.1) is 5.56 Å². The molecular formula is C27H22O4. The van der Waals surface area contributed by atoms with Crippen LogP contribution in [0.1, 0.15) is 34.0 Å². The molecule has 5 rings (SSSR count). The molecule has 0 unspecified atom stereocenters. The Labute approximate surface area is 181 Å². The molecule has 0 aromatic heterocycles. The molecule has 0 saturated heterocycles. The molecule has 0 fully saturated rings. The summed E-state index contributed by atoms with van der Waals surface area (Å²) < 4.78 is 17.8. The fourth-order valence-electron chi connectivity index (χ4n) is 3.68. The van der Waals surface area contributed by atoms with Crippen LogP contribution in [-0.4, -0.2) is 11.9 Å². The topological polar surface area (TPSA) is 44.8 Å². The van der Waals surface area contributed by atoms with Crippen LogP contribution in [0.3, 0.4) is 0 Å². The Hall–Kier alpha value is -3.79. The molecule has 3 aromatic rings. The average molecular weight is 410 g/mol. The van der Waals surface area contributed by atoms with Crippen LogP contribution in [0.25, 0.3) is 6.08 Å². The van der Waals surface area contributed by atoms with Crippen LogP contribution < -0.4 is 14.2 Å². The predicted octanol–water partition coefficient (Wildman–Crippen LogP) is 5.90. The Kier molecular flexibility index (Phi) is 4.83. The van der Waals surface area contributed by atoms with Gasteiger partial charge in [0.25, 0.3) is 0 Å². The minimum Gasteiger partial charge on any atom is -0.489 e. The van der Waals surface area contributed by atoms with E-state index in [1.165, 1.54) is 5.56 Å². The standard InChI is InChI=1S/C27H22O4/c1-17-7-9-19(10-8-17)16-29-22-11-12-23-25(15-22)31-26(27(23)28)14-21-13-20-5-3-4-6-24(20)30-18(21)2/h3-15,18H,16H2,1-2H3/t18-/m1/s1. The van der Waals surface area contributed by atoms with Crippen molar-refractivity contribution in [1.82, 2.24) is 0 Å². The number of aryl methyl sites for hydroxylation is 1. The summed E-state index contributed by atoms with van der Waals surface area (Å²) in [4.78, 5) is 12.8. The molecule has 0 N–H and O–H groups in total. The largest absolute Gasteiger partial charge is 0.489 e. The van der Waals surface area contributed by atoms with Crippen molar-refractivity contribution in [3.63, 3.8) is 0 Å². The number of rotatable bonds is 4. The quantitative estimate of drug-likeness (QED) is 0.503. The van der Waals surface area contributed by atoms with Gasteiger partial charge >= 0.3 is 0 Å². The van der Waals surface area contributed by atoms with Crippen molar-refractivity contribution in [1.29, 1.82) is 0 Å². The number of carbonyl (C=O) groups is 1. The Bertz CT molecular complexity index is 1220. The summed E-state index contributed by atoms with van der Waals surface area (Å²) in [5.41, 5.74) is 4.72. The van der Waals surface area contributed by atoms with Crippen LogP contribution in [0.15, 0.2) is 84.1 Å². The monoisotopic (exact) mass is 410 g/mol. The van der Waals surface area contributed by atoms with Crippen LogP contribution in [-0.2, 0) is 6.61 Å². The van der Waals surface area contributed by atoms with Gasteiger partial charge in [0.2, 0.25) is 5.78 Å². The van der Waals surface area contributed by atoms with E-state index in [0.717, 1.165) is 22.4 Å². The third kappa shape index (κ3) is 3.84. The first-order valence-electron chi connectivity index (χ1n) is 10.3. The van der Waals surface area contributed by atoms with Gasteiger partial charge in [-0.25, -0.2) is 0 Å². The molecule has 2 heterocycles. The maximum atomic E-state index is 12.8. The fourth-order valence-corrected chi connectivity index (χ4v) is 3.68. The molecule has 0 bridgehead atoms. The van der Waals surface area contributed by atoms with Crippen LogP contribution in [0.5, 0.6) is 17.2 Å². The van der Waals surface area contributed by atoms with Crippen LogP contribution in [0.4, 0.5) is 0 Å². The zero-order valence-corrected chi connectivity index (χ0v) is 17.4. The number of Topliss-reactive ketones (excluding diaryl/α,β-unsaturated/α-hetero) is 1. The molecule has 154 valence electrons. The lowest BCUT2D eigenvalue weighted by molar-refractivity contribution is 0.101. The van der Waals surface area contributed by atoms with Crippen molar-refractivity contribution in [3.05, 3.63) is 106 Å². The summed E-state index contributed by atoms with van der Waals surface area (Å²) in [6, 6.07) is 21.4. The summed E-state index contributed by atoms with van der Waals surface area (Å²) in [6.45, 7) is 4.47. The highest BCUT2D eigenvalue weighted by atomic mass is 16.5. The van der Waals surface area contributed by atoms with Gasteiger partial charge in [-0.05, 0) is 55.3 Å². The summed E-state index contributed by atoms with van der Waals surface area (Å²) in [5.74, 6) is 2.19. The number of benzene rings is 3. The molecule has 2 aliphatic rings. The SMILES string of the molecule is Cc1ccc(COc2ccc3c(c2)OC(=CC2=Cc4ccccc4O[C@@H]2C)C3=O)cc1. The van der Waals surface area contributed by atoms with E-state index in [0.29, 0.717) is 29.4 Å². The van der Waals surface area contributed by atoms with Gasteiger partial charge in [0, 0.05) is 11.6 Å². The smallest absolute Gasteiger partial charge is 0.231 e. The van der Waals surface area contributed by atoms with E-state index in [1.807, 2.05) is 49.4 Å². The number of hydrogen-bond donors (Lipinski definition) is 0. The van der Waals surface area contributed by atoms with Gasteiger partial charge in [-0.1, -0.05) is 48.0 Å². The highest BCUT2D eigenvalue weighted by Gasteiger charge is 2.29. The molecule has 0 spiro atoms. The number of carbonyl (C=O) groups excluding carboxylic acids is 1. The Morgan fingerprint density at radius 1 is 1.00 bits per heavy atom. The van der Waals surface area contributed by atoms with Crippen LogP contribution in [0.2, 0.25) is 0 Å². The van der Waals surface area contributed by atoms with Crippen molar-refractivity contribution < 1.29 is 19.0 Å². The summed E-state index contributed by atoms with van der Waals surface area (Å²) in [5, 5.41) is 0. The Morgan fingerprint density at radius 3 is 2.65 bits per heavy atom. The molecule has 31 heavy (non-hydrogen) atoms. The molecule has 1 atom stereocenters. The number of allylic oxidation sites excluding steroid dienone is 1. The minimum absolute atomic E-state index is 0.132. The Morgan fingerprint density at radius 2 is 1.81 bits per heavy atom. The highest BCUT2D eigenvalue weighted by molar-refractivity contribution is 6.12. The van der Waals surface area contributed by atoms with Crippen molar-refractivity contribution in [2.24, 2.45) is 0 Å². The van der Waals surface area contributed by atoms with Crippen molar-refractivity contribution >= 4 is 11.9 Å². The molecule has 4 heteroatoms. The fraction of sp³-hybridized carbons (Fsp3) is 0.148. The van der Waals surface area contributed by atoms with Gasteiger partial charge < -0.3 is 14.2 Å². The van der Waals surface area contributed by atoms with Gasteiger partial charge in [0.1, 0.15) is 30.0 Å². The van der Waals surface area contributed by atoms with Gasteiger partial charge in [-0.2, -0.15) is 0 Å². The van der Waals surface area contributed by atoms with E-state index in [-0.39, 0.29) is 11.9 Å². The summed E-state index contributed by atoms with van der Waals surface area (Å²) in [7, 11) is 0. The third-order valence-corrected chi connectivity index (χ3v) is 5.48. The lowest BCUT2D eigenvalue weighted by Gasteiger charge is -2.22. The van der Waals surface area contributed by atoms with E-state index < -0.39 is 0 Å². The highest BCUT2D eigenvalue weighted by Crippen LogP contribution is 2.36. The molecule has 2 aliphatic heterocycles. The van der Waals surface area contributed by atoms with E-state index in [2.05, 4.69) is 19.1 Å². The van der Waals surface area contributed by atoms with Crippen LogP contribution in [0, 0.1) is 6.92 Å². The molecule has 0 radical (unpaired) electrons. The number of para-hydroxylation sites is 1. The lowest BCUT2D eigenvalue weighted by atomic mass is 10.0. The zero-order chi connectivity index (χ0) is 21.4.